The lowest BCUT2D eigenvalue weighted by Gasteiger charge is -2.42. The van der Waals surface area contributed by atoms with E-state index < -0.39 is 70.4 Å². The molecule has 2 aliphatic heterocycles. The van der Waals surface area contributed by atoms with Crippen LogP contribution in [-0.2, 0) is 59.0 Å². The van der Waals surface area contributed by atoms with Crippen LogP contribution in [0.5, 0.6) is 0 Å². The molecule has 3 aromatic rings. The number of aromatic nitrogens is 1. The number of rotatable bonds is 30. The first kappa shape index (κ1) is 60.7. The Morgan fingerprint density at radius 2 is 1.46 bits per heavy atom. The maximum atomic E-state index is 15.4. The number of benzene rings is 2. The van der Waals surface area contributed by atoms with Gasteiger partial charge in [0.25, 0.3) is 11.8 Å². The summed E-state index contributed by atoms with van der Waals surface area (Å²) in [6, 6.07) is 12.7. The first-order chi connectivity index (χ1) is 36.1. The number of nitrogens with zero attached hydrogens (tertiary/aromatic N) is 4. The second kappa shape index (κ2) is 29.4. The van der Waals surface area contributed by atoms with Crippen LogP contribution in [-0.4, -0.2) is 175 Å². The van der Waals surface area contributed by atoms with Gasteiger partial charge in [0.05, 0.1) is 64.6 Å². The molecule has 22 heteroatoms. The smallest absolute Gasteiger partial charge is 0.410 e. The molecule has 2 aromatic carbocycles. The van der Waals surface area contributed by atoms with E-state index in [1.807, 2.05) is 55.7 Å². The van der Waals surface area contributed by atoms with Crippen LogP contribution >= 0.6 is 11.8 Å². The maximum Gasteiger partial charge on any atom is 0.410 e. The highest BCUT2D eigenvalue weighted by Crippen LogP contribution is 2.42. The summed E-state index contributed by atoms with van der Waals surface area (Å²) < 4.78 is 59.5. The number of likely N-dealkylation sites (tertiary alicyclic amines) is 1. The number of carboxylic acids is 1. The van der Waals surface area contributed by atoms with Gasteiger partial charge in [-0.2, -0.15) is 0 Å². The third-order valence-corrected chi connectivity index (χ3v) is 13.0. The molecule has 1 fully saturated rings. The Kier molecular flexibility index (Phi) is 23.4. The molecule has 3 N–H and O–H groups in total. The molecule has 2 aliphatic rings. The number of amides is 6. The molecule has 0 bridgehead atoms. The molecule has 0 radical (unpaired) electrons. The van der Waals surface area contributed by atoms with Gasteiger partial charge in [-0.05, 0) is 68.4 Å². The summed E-state index contributed by atoms with van der Waals surface area (Å²) in [5.41, 5.74) is 0.725. The molecule has 6 amide bonds. The molecule has 76 heavy (non-hydrogen) atoms. The Hall–Kier alpha value is -6.20. The van der Waals surface area contributed by atoms with Crippen molar-refractivity contribution in [2.75, 3.05) is 97.1 Å². The van der Waals surface area contributed by atoms with E-state index in [4.69, 9.17) is 23.7 Å². The topological polar surface area (TPSA) is 225 Å². The van der Waals surface area contributed by atoms with Crippen molar-refractivity contribution < 1.29 is 71.1 Å². The lowest BCUT2D eigenvalue weighted by molar-refractivity contribution is -0.141. The summed E-state index contributed by atoms with van der Waals surface area (Å²) in [5.74, 6) is -5.36. The summed E-state index contributed by atoms with van der Waals surface area (Å²) >= 11 is 1.06. The van der Waals surface area contributed by atoms with Gasteiger partial charge in [0.1, 0.15) is 29.8 Å². The Bertz CT molecular complexity index is 2460. The number of halogens is 2. The van der Waals surface area contributed by atoms with E-state index >= 15 is 4.39 Å². The van der Waals surface area contributed by atoms with Crippen LogP contribution in [0.2, 0.25) is 0 Å². The Balaban J connectivity index is 1.12. The van der Waals surface area contributed by atoms with Crippen LogP contribution in [0.15, 0.2) is 72.9 Å². The normalized spacial score (nSPS) is 15.5. The van der Waals surface area contributed by atoms with Crippen molar-refractivity contribution in [2.24, 2.45) is 11.3 Å². The zero-order chi connectivity index (χ0) is 55.4. The lowest BCUT2D eigenvalue weighted by Crippen LogP contribution is -2.46. The highest BCUT2D eigenvalue weighted by atomic mass is 32.2. The van der Waals surface area contributed by atoms with Gasteiger partial charge >= 0.3 is 12.1 Å². The van der Waals surface area contributed by atoms with Gasteiger partial charge in [-0.15, -0.1) is 11.8 Å². The number of carboxylic acid groups (broad SMARTS) is 1. The predicted molar refractivity (Wildman–Crippen MR) is 279 cm³/mol. The molecule has 0 saturated carbocycles. The van der Waals surface area contributed by atoms with Gasteiger partial charge in [0.15, 0.2) is 0 Å². The van der Waals surface area contributed by atoms with Crippen molar-refractivity contribution >= 4 is 53.4 Å². The Labute approximate surface area is 446 Å². The Morgan fingerprint density at radius 3 is 2.08 bits per heavy atom. The second-order valence-corrected chi connectivity index (χ2v) is 21.4. The number of nitrogens with one attached hydrogen (secondary N) is 2. The van der Waals surface area contributed by atoms with E-state index in [0.29, 0.717) is 37.3 Å². The zero-order valence-corrected chi connectivity index (χ0v) is 45.0. The summed E-state index contributed by atoms with van der Waals surface area (Å²) in [4.78, 5) is 92.5. The van der Waals surface area contributed by atoms with Crippen molar-refractivity contribution in [1.82, 2.24) is 29.9 Å². The Morgan fingerprint density at radius 1 is 0.829 bits per heavy atom. The molecule has 416 valence electrons. The molecule has 0 spiro atoms. The van der Waals surface area contributed by atoms with Crippen molar-refractivity contribution in [3.8, 4) is 11.1 Å². The van der Waals surface area contributed by atoms with E-state index in [-0.39, 0.29) is 108 Å². The molecule has 0 aliphatic carbocycles. The third-order valence-electron chi connectivity index (χ3n) is 12.0. The van der Waals surface area contributed by atoms with Crippen LogP contribution < -0.4 is 10.6 Å². The molecular formula is C54H72F2N6O13S. The summed E-state index contributed by atoms with van der Waals surface area (Å²) in [5, 5.41) is 15.2. The number of hydrogen-bond acceptors (Lipinski definition) is 13. The molecule has 1 unspecified atom stereocenters. The number of carbonyl (C=O) groups excluding carboxylic acids is 6. The second-order valence-electron chi connectivity index (χ2n) is 20.4. The summed E-state index contributed by atoms with van der Waals surface area (Å²) in [6.07, 6.45) is 3.98. The van der Waals surface area contributed by atoms with Gasteiger partial charge in [0.2, 0.25) is 17.7 Å². The summed E-state index contributed by atoms with van der Waals surface area (Å²) in [6.45, 7) is 14.2. The number of imide groups is 1. The summed E-state index contributed by atoms with van der Waals surface area (Å²) in [7, 11) is 0. The fourth-order valence-corrected chi connectivity index (χ4v) is 9.40. The van der Waals surface area contributed by atoms with Gasteiger partial charge in [-0.25, -0.2) is 18.4 Å². The molecule has 3 heterocycles. The average Bonchev–Trinajstić information content (AvgIpc) is 4.08. The fourth-order valence-electron chi connectivity index (χ4n) is 8.48. The van der Waals surface area contributed by atoms with E-state index in [1.165, 1.54) is 0 Å². The molecule has 5 rings (SSSR count). The van der Waals surface area contributed by atoms with Gasteiger partial charge in [0, 0.05) is 80.1 Å². The zero-order valence-electron chi connectivity index (χ0n) is 44.2. The number of ether oxygens (including phenoxy) is 5. The number of carbonyl (C=O) groups is 7. The molecular weight excluding hydrogens is 1010 g/mol. The predicted octanol–water partition coefficient (Wildman–Crippen LogP) is 5.45. The van der Waals surface area contributed by atoms with Gasteiger partial charge < -0.3 is 53.8 Å². The third kappa shape index (κ3) is 19.7. The van der Waals surface area contributed by atoms with Crippen molar-refractivity contribution in [3.63, 3.8) is 0 Å². The van der Waals surface area contributed by atoms with Crippen molar-refractivity contribution in [2.45, 2.75) is 78.6 Å². The molecule has 3 atom stereocenters. The monoisotopic (exact) mass is 1080 g/mol. The first-order valence-electron chi connectivity index (χ1n) is 25.3. The minimum atomic E-state index is -1.32. The van der Waals surface area contributed by atoms with Crippen LogP contribution in [0.3, 0.4) is 0 Å². The number of thioether (sulfide) groups is 1. The molecule has 1 aromatic heterocycles. The van der Waals surface area contributed by atoms with E-state index in [9.17, 15) is 43.1 Å². The van der Waals surface area contributed by atoms with Crippen LogP contribution in [0.25, 0.3) is 11.1 Å². The molecule has 1 saturated heterocycles. The first-order valence-corrected chi connectivity index (χ1v) is 26.4. The van der Waals surface area contributed by atoms with E-state index in [0.717, 1.165) is 52.6 Å². The van der Waals surface area contributed by atoms with Crippen LogP contribution in [0.1, 0.15) is 71.7 Å². The molecule has 19 nitrogen and oxygen atoms in total. The van der Waals surface area contributed by atoms with E-state index in [2.05, 4.69) is 10.6 Å². The average molecular weight is 1080 g/mol. The minimum absolute atomic E-state index is 0.00239. The largest absolute Gasteiger partial charge is 0.480 e. The van der Waals surface area contributed by atoms with Gasteiger partial charge in [-0.1, -0.05) is 51.1 Å². The fraction of sp³-hybridized carbons (Fsp3) is 0.537. The number of aliphatic carboxylic acids is 1. The minimum Gasteiger partial charge on any atom is -0.480 e. The van der Waals surface area contributed by atoms with Crippen LogP contribution in [0.4, 0.5) is 13.6 Å². The maximum absolute atomic E-state index is 15.4. The number of hydrogen-bond donors (Lipinski definition) is 3. The highest BCUT2D eigenvalue weighted by Gasteiger charge is 2.40. The van der Waals surface area contributed by atoms with Crippen LogP contribution in [0, 0.1) is 23.0 Å². The highest BCUT2D eigenvalue weighted by molar-refractivity contribution is 8.00. The van der Waals surface area contributed by atoms with Gasteiger partial charge in [-0.3, -0.25) is 28.9 Å². The van der Waals surface area contributed by atoms with Crippen molar-refractivity contribution in [1.29, 1.82) is 0 Å². The SMILES string of the molecule is CC(C)(C)OC(=O)N1CCC(CN(C(=O)CSC[C@H](NC(=O)CCOCCOCCOCCOCCNC(=O)CN2C(=O)C=CC2=O)C(=O)O)[C@@H](c2cc(-c3cc(F)ccc3F)cn2Cc2ccccc2)C(C)(C)C)C1. The van der Waals surface area contributed by atoms with Crippen molar-refractivity contribution in [3.05, 3.63) is 95.8 Å². The van der Waals surface area contributed by atoms with E-state index in [1.54, 1.807) is 42.8 Å². The quantitative estimate of drug-likeness (QED) is 0.0558. The standard InChI is InChI=1S/C54H72F2N6O13S/c1-53(2,3)50(44-28-39(41-29-40(55)12-13-42(41)56)33-60(44)30-37-10-8-7-9-11-37)62(32-38-16-19-59(31-38)52(70)75-54(4,5)6)49(67)36-76-35-43(51(68)69)58-45(63)17-20-71-22-24-73-26-27-74-25-23-72-21-18-57-46(64)34-61-47(65)14-15-48(61)66/h7-15,28-29,33,38,43,50H,16-27,30-32,34-36H2,1-6H3,(H,57,64)(H,58,63)(H,68,69)/t38?,43-,50-/m0/s1. The lowest BCUT2D eigenvalue weighted by atomic mass is 9.82.